The summed E-state index contributed by atoms with van der Waals surface area (Å²) in [5.74, 6) is 0. The Hall–Kier alpha value is -2.68. The molecule has 0 radical (unpaired) electrons. The van der Waals surface area contributed by atoms with Crippen LogP contribution in [-0.2, 0) is 16.0 Å². The highest BCUT2D eigenvalue weighted by atomic mass is 16.1. The van der Waals surface area contributed by atoms with Crippen LogP contribution in [0.1, 0.15) is 5.56 Å². The third-order valence-electron chi connectivity index (χ3n) is 1.53. The zero-order valence-electron chi connectivity index (χ0n) is 9.19. The van der Waals surface area contributed by atoms with E-state index in [-0.39, 0.29) is 0 Å². The molecular weight excluding hydrogens is 220 g/mol. The summed E-state index contributed by atoms with van der Waals surface area (Å²) < 4.78 is 0. The van der Waals surface area contributed by atoms with E-state index in [4.69, 9.17) is 31.9 Å². The number of isocyanates is 2. The molecule has 0 unspecified atom stereocenters. The molecule has 0 spiro atoms. The summed E-state index contributed by atoms with van der Waals surface area (Å²) in [5, 5.41) is 10.8. The second-order valence-corrected chi connectivity index (χ2v) is 2.66. The van der Waals surface area contributed by atoms with Gasteiger partial charge >= 0.3 is 0 Å². The Morgan fingerprint density at radius 2 is 1.71 bits per heavy atom. The molecule has 6 heteroatoms. The fraction of sp³-hybridized carbons (Fsp3) is 0.0909. The van der Waals surface area contributed by atoms with Crippen LogP contribution in [0.15, 0.2) is 30.9 Å². The molecule has 0 heterocycles. The molecule has 1 aromatic carbocycles. The molecule has 0 atom stereocenters. The van der Waals surface area contributed by atoms with Crippen molar-refractivity contribution >= 4 is 23.5 Å². The van der Waals surface area contributed by atoms with Crippen molar-refractivity contribution in [3.63, 3.8) is 0 Å². The first-order chi connectivity index (χ1) is 8.06. The van der Waals surface area contributed by atoms with E-state index in [0.717, 1.165) is 29.8 Å². The van der Waals surface area contributed by atoms with Gasteiger partial charge in [0, 0.05) is 11.4 Å². The smallest absolute Gasteiger partial charge is 0.231 e. The largest absolute Gasteiger partial charge is 0.399 e. The van der Waals surface area contributed by atoms with Crippen molar-refractivity contribution in [3.05, 3.63) is 36.4 Å². The van der Waals surface area contributed by atoms with Crippen LogP contribution in [0, 0.1) is 10.8 Å². The zero-order chi connectivity index (χ0) is 13.7. The monoisotopic (exact) mass is 234 g/mol. The van der Waals surface area contributed by atoms with Crippen LogP contribution in [-0.4, -0.2) is 12.2 Å². The fourth-order valence-electron chi connectivity index (χ4n) is 0.955. The Kier molecular flexibility index (Phi) is 11.2. The lowest BCUT2D eigenvalue weighted by Gasteiger charge is -2.02. The van der Waals surface area contributed by atoms with Crippen molar-refractivity contribution in [1.82, 2.24) is 0 Å². The molecule has 6 nitrogen and oxygen atoms in total. The van der Waals surface area contributed by atoms with E-state index < -0.39 is 0 Å². The van der Waals surface area contributed by atoms with Gasteiger partial charge in [0.05, 0.1) is 0 Å². The molecule has 0 aliphatic carbocycles. The summed E-state index contributed by atoms with van der Waals surface area (Å²) >= 11 is 0. The van der Waals surface area contributed by atoms with E-state index in [0.29, 0.717) is 5.69 Å². The van der Waals surface area contributed by atoms with E-state index in [1.807, 2.05) is 18.2 Å². The topological polar surface area (TPSA) is 134 Å². The van der Waals surface area contributed by atoms with Crippen molar-refractivity contribution in [2.24, 2.45) is 0 Å². The fourth-order valence-corrected chi connectivity index (χ4v) is 0.955. The molecule has 90 valence electrons. The summed E-state index contributed by atoms with van der Waals surface area (Å²) in [4.78, 5) is 16.7. The number of anilines is 2. The lowest BCUT2D eigenvalue weighted by molar-refractivity contribution is 0.562. The van der Waals surface area contributed by atoms with Crippen LogP contribution in [0.5, 0.6) is 0 Å². The highest BCUT2D eigenvalue weighted by molar-refractivity contribution is 5.57. The number of nitrogens with one attached hydrogen (secondary N) is 2. The number of carbonyl (C=O) groups excluding carboxylic acids is 2. The molecule has 6 N–H and O–H groups in total. The highest BCUT2D eigenvalue weighted by Gasteiger charge is 1.95. The minimum absolute atomic E-state index is 0.704. The standard InChI is InChI=1S/C9H12N2.2CHNO/c1-2-3-7-4-5-8(10)6-9(7)11;2*2-1-3/h2,4-6H,1,3,10-11H2;2*2H. The van der Waals surface area contributed by atoms with E-state index in [1.165, 1.54) is 0 Å². The quantitative estimate of drug-likeness (QED) is 0.266. The number of benzene rings is 1. The van der Waals surface area contributed by atoms with E-state index >= 15 is 0 Å². The molecule has 0 aromatic heterocycles. The van der Waals surface area contributed by atoms with E-state index in [9.17, 15) is 0 Å². The summed E-state index contributed by atoms with van der Waals surface area (Å²) in [5.41, 5.74) is 13.7. The highest BCUT2D eigenvalue weighted by Crippen LogP contribution is 2.15. The van der Waals surface area contributed by atoms with Gasteiger partial charge in [-0.2, -0.15) is 0 Å². The van der Waals surface area contributed by atoms with Crippen molar-refractivity contribution in [3.8, 4) is 0 Å². The van der Waals surface area contributed by atoms with Gasteiger partial charge in [-0.15, -0.1) is 6.58 Å². The molecule has 0 bridgehead atoms. The van der Waals surface area contributed by atoms with Crippen LogP contribution >= 0.6 is 0 Å². The van der Waals surface area contributed by atoms with Crippen molar-refractivity contribution in [2.75, 3.05) is 11.5 Å². The number of nitrogens with two attached hydrogens (primary N) is 2. The summed E-state index contributed by atoms with van der Waals surface area (Å²) in [6, 6.07) is 5.53. The molecule has 0 saturated carbocycles. The molecule has 1 aromatic rings. The number of hydrogen-bond donors (Lipinski definition) is 4. The van der Waals surface area contributed by atoms with Gasteiger partial charge < -0.3 is 11.5 Å². The Labute approximate surface area is 99.0 Å². The normalized spacial score (nSPS) is 7.06. The zero-order valence-corrected chi connectivity index (χ0v) is 9.19. The Morgan fingerprint density at radius 3 is 2.06 bits per heavy atom. The number of allylic oxidation sites excluding steroid dienone is 1. The molecule has 1 rings (SSSR count). The predicted molar refractivity (Wildman–Crippen MR) is 66.0 cm³/mol. The average molecular weight is 234 g/mol. The van der Waals surface area contributed by atoms with E-state index in [1.54, 1.807) is 6.07 Å². The second kappa shape index (κ2) is 11.4. The molecule has 0 saturated heterocycles. The van der Waals surface area contributed by atoms with E-state index in [2.05, 4.69) is 6.58 Å². The SMILES string of the molecule is C=CCc1ccc(N)cc1N.N=C=O.N=C=O. The van der Waals surface area contributed by atoms with Gasteiger partial charge in [-0.05, 0) is 24.1 Å². The molecule has 0 aliphatic heterocycles. The predicted octanol–water partition coefficient (Wildman–Crippen LogP) is 1.38. The van der Waals surface area contributed by atoms with Crippen molar-refractivity contribution in [1.29, 1.82) is 10.8 Å². The van der Waals surface area contributed by atoms with Gasteiger partial charge in [0.25, 0.3) is 0 Å². The van der Waals surface area contributed by atoms with Gasteiger partial charge in [0.1, 0.15) is 0 Å². The minimum Gasteiger partial charge on any atom is -0.399 e. The third-order valence-corrected chi connectivity index (χ3v) is 1.53. The van der Waals surface area contributed by atoms with Gasteiger partial charge in [-0.3, -0.25) is 0 Å². The third kappa shape index (κ3) is 9.62. The molecule has 0 amide bonds. The first-order valence-electron chi connectivity index (χ1n) is 4.39. The summed E-state index contributed by atoms with van der Waals surface area (Å²) in [7, 11) is 0. The van der Waals surface area contributed by atoms with Crippen molar-refractivity contribution < 1.29 is 9.59 Å². The molecule has 0 fully saturated rings. The Bertz CT molecular complexity index is 405. The van der Waals surface area contributed by atoms with Crippen LogP contribution in [0.2, 0.25) is 0 Å². The average Bonchev–Trinajstić information content (AvgIpc) is 2.25. The second-order valence-electron chi connectivity index (χ2n) is 2.66. The number of rotatable bonds is 2. The van der Waals surface area contributed by atoms with Gasteiger partial charge in [-0.25, -0.2) is 20.4 Å². The summed E-state index contributed by atoms with van der Waals surface area (Å²) in [6.07, 6.45) is 4.12. The number of hydrogen-bond acceptors (Lipinski definition) is 6. The van der Waals surface area contributed by atoms with Crippen LogP contribution in [0.3, 0.4) is 0 Å². The first-order valence-corrected chi connectivity index (χ1v) is 4.39. The molecular formula is C11H14N4O2. The summed E-state index contributed by atoms with van der Waals surface area (Å²) in [6.45, 7) is 3.63. The maximum Gasteiger partial charge on any atom is 0.231 e. The number of nitrogen functional groups attached to an aromatic ring is 2. The van der Waals surface area contributed by atoms with Gasteiger partial charge in [0.15, 0.2) is 0 Å². The van der Waals surface area contributed by atoms with Crippen LogP contribution < -0.4 is 11.5 Å². The van der Waals surface area contributed by atoms with Gasteiger partial charge in [-0.1, -0.05) is 12.1 Å². The maximum atomic E-state index is 8.35. The minimum atomic E-state index is 0.704. The first kappa shape index (κ1) is 16.7. The van der Waals surface area contributed by atoms with Gasteiger partial charge in [0.2, 0.25) is 12.2 Å². The van der Waals surface area contributed by atoms with Crippen LogP contribution in [0.25, 0.3) is 0 Å². The lowest BCUT2D eigenvalue weighted by atomic mass is 10.1. The molecule has 0 aliphatic rings. The lowest BCUT2D eigenvalue weighted by Crippen LogP contribution is -1.94. The van der Waals surface area contributed by atoms with Crippen molar-refractivity contribution in [2.45, 2.75) is 6.42 Å². The Balaban J connectivity index is 0. The maximum absolute atomic E-state index is 8.35. The molecule has 17 heavy (non-hydrogen) atoms. The van der Waals surface area contributed by atoms with Crippen LogP contribution in [0.4, 0.5) is 11.4 Å². The Morgan fingerprint density at radius 1 is 1.24 bits per heavy atom.